The van der Waals surface area contributed by atoms with Crippen LogP contribution in [0.25, 0.3) is 0 Å². The first-order chi connectivity index (χ1) is 6.02. The summed E-state index contributed by atoms with van der Waals surface area (Å²) in [7, 11) is 0. The summed E-state index contributed by atoms with van der Waals surface area (Å²) in [4.78, 5) is 21.1. The molecule has 0 aliphatic carbocycles. The molecule has 0 aliphatic rings. The lowest BCUT2D eigenvalue weighted by atomic mass is 10.1. The third-order valence-electron chi connectivity index (χ3n) is 1.84. The Bertz CT molecular complexity index is 175. The molecule has 0 spiro atoms. The van der Waals surface area contributed by atoms with Crippen LogP contribution < -0.4 is 0 Å². The van der Waals surface area contributed by atoms with E-state index in [4.69, 9.17) is 0 Å². The summed E-state index contributed by atoms with van der Waals surface area (Å²) in [5.74, 6) is 0.195. The minimum absolute atomic E-state index is 0.0130. The van der Waals surface area contributed by atoms with E-state index in [-0.39, 0.29) is 18.0 Å². The molecule has 1 atom stereocenters. The summed E-state index contributed by atoms with van der Waals surface area (Å²) in [6.45, 7) is 3.03. The molecule has 76 valence electrons. The molecule has 0 saturated heterocycles. The Kier molecular flexibility index (Phi) is 6.41. The van der Waals surface area contributed by atoms with Crippen molar-refractivity contribution in [3.63, 3.8) is 0 Å². The number of hydrogen-bond acceptors (Lipinski definition) is 3. The minimum atomic E-state index is -0.524. The van der Waals surface area contributed by atoms with E-state index in [9.17, 15) is 14.7 Å². The molecule has 0 heterocycles. The first-order valence-electron chi connectivity index (χ1n) is 4.69. The topological polar surface area (TPSA) is 54.4 Å². The van der Waals surface area contributed by atoms with Crippen molar-refractivity contribution >= 4 is 11.6 Å². The highest BCUT2D eigenvalue weighted by Crippen LogP contribution is 2.06. The molecule has 0 saturated carbocycles. The van der Waals surface area contributed by atoms with Gasteiger partial charge in [-0.25, -0.2) is 0 Å². The van der Waals surface area contributed by atoms with E-state index in [0.29, 0.717) is 12.8 Å². The van der Waals surface area contributed by atoms with Crippen molar-refractivity contribution in [3.05, 3.63) is 0 Å². The van der Waals surface area contributed by atoms with Gasteiger partial charge in [0.05, 0.1) is 6.10 Å². The summed E-state index contributed by atoms with van der Waals surface area (Å²) in [6, 6.07) is 0. The fourth-order valence-corrected chi connectivity index (χ4v) is 1.19. The number of rotatable bonds is 7. The molecule has 0 fully saturated rings. The zero-order chi connectivity index (χ0) is 10.3. The molecule has 0 aromatic rings. The predicted molar refractivity (Wildman–Crippen MR) is 50.5 cm³/mol. The lowest BCUT2D eigenvalue weighted by molar-refractivity contribution is -0.119. The molecule has 0 radical (unpaired) electrons. The summed E-state index contributed by atoms with van der Waals surface area (Å²) in [5.41, 5.74) is 0. The van der Waals surface area contributed by atoms with Crippen molar-refractivity contribution in [3.8, 4) is 0 Å². The van der Waals surface area contributed by atoms with Crippen LogP contribution in [0.4, 0.5) is 0 Å². The average molecular weight is 186 g/mol. The van der Waals surface area contributed by atoms with Gasteiger partial charge in [-0.15, -0.1) is 0 Å². The predicted octanol–water partition coefficient (Wildman–Crippen LogP) is 1.48. The van der Waals surface area contributed by atoms with Crippen LogP contribution in [-0.4, -0.2) is 22.8 Å². The number of aliphatic hydroxyl groups is 1. The fraction of sp³-hybridized carbons (Fsp3) is 0.800. The van der Waals surface area contributed by atoms with Gasteiger partial charge in [0.15, 0.2) is 0 Å². The second kappa shape index (κ2) is 6.78. The van der Waals surface area contributed by atoms with Crippen LogP contribution in [0, 0.1) is 0 Å². The van der Waals surface area contributed by atoms with E-state index in [2.05, 4.69) is 0 Å². The third-order valence-corrected chi connectivity index (χ3v) is 1.84. The number of carbonyl (C=O) groups excluding carboxylic acids is 2. The van der Waals surface area contributed by atoms with Crippen LogP contribution in [0.2, 0.25) is 0 Å². The Morgan fingerprint density at radius 3 is 2.23 bits per heavy atom. The van der Waals surface area contributed by atoms with Gasteiger partial charge in [-0.1, -0.05) is 6.42 Å². The molecular weight excluding hydrogens is 168 g/mol. The van der Waals surface area contributed by atoms with Crippen molar-refractivity contribution in [2.75, 3.05) is 0 Å². The van der Waals surface area contributed by atoms with Crippen LogP contribution in [0.5, 0.6) is 0 Å². The van der Waals surface area contributed by atoms with Crippen molar-refractivity contribution in [1.29, 1.82) is 0 Å². The normalized spacial score (nSPS) is 12.5. The molecule has 0 aromatic carbocycles. The maximum Gasteiger partial charge on any atom is 0.132 e. The highest BCUT2D eigenvalue weighted by molar-refractivity contribution is 5.76. The standard InChI is InChI=1S/C10H18O3/c1-8(11)5-3-4-6-10(13)7-9(2)12/h10,13H,3-7H2,1-2H3. The van der Waals surface area contributed by atoms with Gasteiger partial charge in [-0.2, -0.15) is 0 Å². The lowest BCUT2D eigenvalue weighted by Crippen LogP contribution is -2.10. The largest absolute Gasteiger partial charge is 0.393 e. The van der Waals surface area contributed by atoms with Gasteiger partial charge >= 0.3 is 0 Å². The Morgan fingerprint density at radius 1 is 1.15 bits per heavy atom. The maximum atomic E-state index is 10.6. The third kappa shape index (κ3) is 9.21. The quantitative estimate of drug-likeness (QED) is 0.613. The fourth-order valence-electron chi connectivity index (χ4n) is 1.19. The lowest BCUT2D eigenvalue weighted by Gasteiger charge is -2.06. The van der Waals surface area contributed by atoms with Crippen LogP contribution in [0.15, 0.2) is 0 Å². The Morgan fingerprint density at radius 2 is 1.77 bits per heavy atom. The first kappa shape index (κ1) is 12.3. The second-order valence-electron chi connectivity index (χ2n) is 3.51. The number of Topliss-reactive ketones (excluding diaryl/α,β-unsaturated/α-hetero) is 2. The number of hydrogen-bond donors (Lipinski definition) is 1. The van der Waals surface area contributed by atoms with Crippen LogP contribution in [0.3, 0.4) is 0 Å². The van der Waals surface area contributed by atoms with Crippen LogP contribution in [0.1, 0.15) is 46.0 Å². The van der Waals surface area contributed by atoms with Gasteiger partial charge in [0.2, 0.25) is 0 Å². The smallest absolute Gasteiger partial charge is 0.132 e. The second-order valence-corrected chi connectivity index (χ2v) is 3.51. The highest BCUT2D eigenvalue weighted by Gasteiger charge is 2.06. The zero-order valence-corrected chi connectivity index (χ0v) is 8.38. The van der Waals surface area contributed by atoms with Gasteiger partial charge in [-0.3, -0.25) is 4.79 Å². The number of carbonyl (C=O) groups is 2. The monoisotopic (exact) mass is 186 g/mol. The van der Waals surface area contributed by atoms with Crippen LogP contribution >= 0.6 is 0 Å². The van der Waals surface area contributed by atoms with Gasteiger partial charge < -0.3 is 9.90 Å². The Labute approximate surface area is 79.1 Å². The maximum absolute atomic E-state index is 10.6. The van der Waals surface area contributed by atoms with Gasteiger partial charge in [0.1, 0.15) is 11.6 Å². The zero-order valence-electron chi connectivity index (χ0n) is 8.38. The molecule has 3 nitrogen and oxygen atoms in total. The molecule has 0 rings (SSSR count). The molecule has 0 aliphatic heterocycles. The Balaban J connectivity index is 3.31. The van der Waals surface area contributed by atoms with Gasteiger partial charge in [-0.05, 0) is 26.7 Å². The SMILES string of the molecule is CC(=O)CCCCC(O)CC(C)=O. The molecule has 1 unspecified atom stereocenters. The van der Waals surface area contributed by atoms with E-state index in [0.717, 1.165) is 12.8 Å². The molecule has 0 bridgehead atoms. The van der Waals surface area contributed by atoms with Crippen LogP contribution in [-0.2, 0) is 9.59 Å². The highest BCUT2D eigenvalue weighted by atomic mass is 16.3. The minimum Gasteiger partial charge on any atom is -0.393 e. The first-order valence-corrected chi connectivity index (χ1v) is 4.69. The molecule has 1 N–H and O–H groups in total. The summed E-state index contributed by atoms with van der Waals surface area (Å²) >= 11 is 0. The summed E-state index contributed by atoms with van der Waals surface area (Å²) in [5, 5.41) is 9.28. The number of unbranched alkanes of at least 4 members (excludes halogenated alkanes) is 1. The van der Waals surface area contributed by atoms with Crippen molar-refractivity contribution in [2.24, 2.45) is 0 Å². The summed E-state index contributed by atoms with van der Waals surface area (Å²) in [6.07, 6.45) is 2.53. The van der Waals surface area contributed by atoms with Crippen molar-refractivity contribution in [2.45, 2.75) is 52.1 Å². The summed E-state index contributed by atoms with van der Waals surface area (Å²) < 4.78 is 0. The van der Waals surface area contributed by atoms with Gasteiger partial charge in [0.25, 0.3) is 0 Å². The van der Waals surface area contributed by atoms with Gasteiger partial charge in [0, 0.05) is 12.8 Å². The van der Waals surface area contributed by atoms with E-state index in [1.54, 1.807) is 6.92 Å². The van der Waals surface area contributed by atoms with Crippen molar-refractivity contribution in [1.82, 2.24) is 0 Å². The molecule has 0 amide bonds. The van der Waals surface area contributed by atoms with E-state index in [1.165, 1.54) is 6.92 Å². The van der Waals surface area contributed by atoms with E-state index >= 15 is 0 Å². The Hall–Kier alpha value is -0.700. The van der Waals surface area contributed by atoms with Crippen molar-refractivity contribution < 1.29 is 14.7 Å². The average Bonchev–Trinajstić information content (AvgIpc) is 1.96. The number of aliphatic hydroxyl groups excluding tert-OH is 1. The molecule has 0 aromatic heterocycles. The molecule has 3 heteroatoms. The molecule has 13 heavy (non-hydrogen) atoms. The molecular formula is C10H18O3. The van der Waals surface area contributed by atoms with E-state index in [1.807, 2.05) is 0 Å². The van der Waals surface area contributed by atoms with E-state index < -0.39 is 6.10 Å². The number of ketones is 2.